The topological polar surface area (TPSA) is 186 Å². The maximum absolute atomic E-state index is 12.8. The van der Waals surface area contributed by atoms with Crippen LogP contribution < -0.4 is 9.47 Å². The standard InChI is InChI=1S/C27H30O12/c1-12-5-7-26-21-13-3-4-16(36-2)22(21)39-23(26)17(6-8-27(26,35)14(12)9-13)38-25(34)15(28)10-20(31)37-18(24(32)33)11-19(29)30/h3-4,6,12,14-15,18,23,28,35H,5,7-11H2,1-2H3,(H,29,30)(H,32,33)/t12?,14-,15-,18+,23-,26-,27+/m0/s1. The Balaban J connectivity index is 1.38. The normalized spacial score (nSPS) is 31.1. The number of aliphatic hydroxyl groups excluding tert-OH is 1. The van der Waals surface area contributed by atoms with E-state index < -0.39 is 66.0 Å². The molecule has 0 amide bonds. The third-order valence-electron chi connectivity index (χ3n) is 8.70. The Morgan fingerprint density at radius 1 is 1.18 bits per heavy atom. The summed E-state index contributed by atoms with van der Waals surface area (Å²) in [6.07, 6.45) is -2.98. The molecular weight excluding hydrogens is 516 g/mol. The molecule has 1 heterocycles. The molecule has 12 nitrogen and oxygen atoms in total. The molecule has 39 heavy (non-hydrogen) atoms. The summed E-state index contributed by atoms with van der Waals surface area (Å²) in [6.45, 7) is 2.12. The molecule has 12 heteroatoms. The Kier molecular flexibility index (Phi) is 6.58. The van der Waals surface area contributed by atoms with Gasteiger partial charge in [-0.25, -0.2) is 9.59 Å². The Hall–Kier alpha value is -3.64. The van der Waals surface area contributed by atoms with E-state index in [1.54, 1.807) is 6.08 Å². The van der Waals surface area contributed by atoms with Gasteiger partial charge in [0.05, 0.1) is 31.0 Å². The van der Waals surface area contributed by atoms with Gasteiger partial charge in [0.15, 0.2) is 23.7 Å². The van der Waals surface area contributed by atoms with Crippen molar-refractivity contribution < 1.29 is 58.6 Å². The zero-order valence-electron chi connectivity index (χ0n) is 21.4. The average Bonchev–Trinajstić information content (AvgIpc) is 3.22. The highest BCUT2D eigenvalue weighted by Crippen LogP contribution is 2.68. The molecule has 0 radical (unpaired) electrons. The van der Waals surface area contributed by atoms with E-state index in [1.165, 1.54) is 7.11 Å². The van der Waals surface area contributed by atoms with Crippen LogP contribution in [0.4, 0.5) is 0 Å². The summed E-state index contributed by atoms with van der Waals surface area (Å²) in [5, 5.41) is 40.4. The molecule has 1 fully saturated rings. The third-order valence-corrected chi connectivity index (χ3v) is 8.70. The van der Waals surface area contributed by atoms with Crippen LogP contribution in [0.25, 0.3) is 0 Å². The van der Waals surface area contributed by atoms with E-state index in [0.29, 0.717) is 24.3 Å². The van der Waals surface area contributed by atoms with Gasteiger partial charge in [0.25, 0.3) is 0 Å². The van der Waals surface area contributed by atoms with Crippen LogP contribution in [0.15, 0.2) is 24.0 Å². The van der Waals surface area contributed by atoms with Crippen molar-refractivity contribution in [3.63, 3.8) is 0 Å². The summed E-state index contributed by atoms with van der Waals surface area (Å²) < 4.78 is 22.0. The number of hydrogen-bond acceptors (Lipinski definition) is 10. The minimum absolute atomic E-state index is 0.0500. The molecule has 0 aromatic heterocycles. The molecule has 7 atom stereocenters. The highest BCUT2D eigenvalue weighted by atomic mass is 16.6. The van der Waals surface area contributed by atoms with E-state index in [2.05, 4.69) is 11.7 Å². The average molecular weight is 547 g/mol. The van der Waals surface area contributed by atoms with Crippen molar-refractivity contribution >= 4 is 23.9 Å². The molecule has 0 saturated heterocycles. The van der Waals surface area contributed by atoms with Gasteiger partial charge in [-0.05, 0) is 55.2 Å². The molecule has 3 aliphatic carbocycles. The lowest BCUT2D eigenvalue weighted by Gasteiger charge is -2.61. The van der Waals surface area contributed by atoms with Crippen LogP contribution in [0.2, 0.25) is 0 Å². The molecule has 1 saturated carbocycles. The highest BCUT2D eigenvalue weighted by molar-refractivity contribution is 5.85. The van der Waals surface area contributed by atoms with E-state index in [9.17, 15) is 29.4 Å². The van der Waals surface area contributed by atoms with Gasteiger partial charge in [-0.2, -0.15) is 0 Å². The van der Waals surface area contributed by atoms with Crippen molar-refractivity contribution in [3.8, 4) is 11.5 Å². The van der Waals surface area contributed by atoms with Crippen LogP contribution in [0, 0.1) is 11.8 Å². The summed E-state index contributed by atoms with van der Waals surface area (Å²) >= 11 is 0. The molecule has 4 N–H and O–H groups in total. The van der Waals surface area contributed by atoms with Crippen LogP contribution in [0.1, 0.15) is 50.2 Å². The van der Waals surface area contributed by atoms with Crippen LogP contribution in [-0.4, -0.2) is 75.3 Å². The first-order valence-corrected chi connectivity index (χ1v) is 12.8. The van der Waals surface area contributed by atoms with Crippen molar-refractivity contribution in [2.45, 2.75) is 74.8 Å². The van der Waals surface area contributed by atoms with Crippen molar-refractivity contribution in [1.82, 2.24) is 0 Å². The number of aliphatic carboxylic acids is 2. The first-order valence-electron chi connectivity index (χ1n) is 12.8. The number of carboxylic acids is 2. The van der Waals surface area contributed by atoms with E-state index in [4.69, 9.17) is 24.4 Å². The third kappa shape index (κ3) is 4.04. The van der Waals surface area contributed by atoms with Crippen LogP contribution >= 0.6 is 0 Å². The second kappa shape index (κ2) is 9.53. The number of hydrogen-bond donors (Lipinski definition) is 4. The van der Waals surface area contributed by atoms with Gasteiger partial charge in [0.2, 0.25) is 6.10 Å². The zero-order valence-corrected chi connectivity index (χ0v) is 21.4. The molecular formula is C27H30O12. The summed E-state index contributed by atoms with van der Waals surface area (Å²) in [4.78, 5) is 46.9. The van der Waals surface area contributed by atoms with E-state index >= 15 is 0 Å². The lowest BCUT2D eigenvalue weighted by molar-refractivity contribution is -0.176. The SMILES string of the molecule is COc1ccc2c3c1O[C@H]1C(OC(=O)[C@@H](O)CC(=O)O[C@H](CC(=O)O)C(=O)O)=CC[C@@]4(O)[C@@H](C2)C(C)CC[C@]314. The highest BCUT2D eigenvalue weighted by Gasteiger charge is 2.72. The van der Waals surface area contributed by atoms with Crippen molar-refractivity contribution in [1.29, 1.82) is 0 Å². The quantitative estimate of drug-likeness (QED) is 0.323. The molecule has 1 aromatic carbocycles. The maximum Gasteiger partial charge on any atom is 0.345 e. The van der Waals surface area contributed by atoms with Crippen LogP contribution in [0.5, 0.6) is 11.5 Å². The minimum atomic E-state index is -2.02. The summed E-state index contributed by atoms with van der Waals surface area (Å²) in [5.41, 5.74) is -0.170. The smallest absolute Gasteiger partial charge is 0.345 e. The Morgan fingerprint density at radius 3 is 2.59 bits per heavy atom. The molecule has 2 bridgehead atoms. The minimum Gasteiger partial charge on any atom is -0.493 e. The number of carboxylic acid groups (broad SMARTS) is 2. The lowest BCUT2D eigenvalue weighted by atomic mass is 9.45. The number of aliphatic hydroxyl groups is 2. The fourth-order valence-electron chi connectivity index (χ4n) is 6.93. The Labute approximate surface area is 223 Å². The van der Waals surface area contributed by atoms with Gasteiger partial charge in [0, 0.05) is 5.56 Å². The van der Waals surface area contributed by atoms with Crippen molar-refractivity contribution in [2.24, 2.45) is 11.8 Å². The molecule has 210 valence electrons. The number of rotatable bonds is 9. The predicted octanol–water partition coefficient (Wildman–Crippen LogP) is 1.08. The first kappa shape index (κ1) is 26.9. The number of ether oxygens (including phenoxy) is 4. The molecule has 4 aliphatic rings. The number of benzene rings is 1. The largest absolute Gasteiger partial charge is 0.493 e. The maximum atomic E-state index is 12.8. The molecule has 5 rings (SSSR count). The lowest BCUT2D eigenvalue weighted by Crippen LogP contribution is -2.69. The zero-order chi connectivity index (χ0) is 28.3. The van der Waals surface area contributed by atoms with Crippen molar-refractivity contribution in [2.75, 3.05) is 7.11 Å². The van der Waals surface area contributed by atoms with Crippen LogP contribution in [0.3, 0.4) is 0 Å². The van der Waals surface area contributed by atoms with Gasteiger partial charge in [-0.15, -0.1) is 0 Å². The molecule has 1 aliphatic heterocycles. The number of carbonyl (C=O) groups is 4. The second-order valence-electron chi connectivity index (χ2n) is 10.7. The summed E-state index contributed by atoms with van der Waals surface area (Å²) in [7, 11) is 1.51. The predicted molar refractivity (Wildman–Crippen MR) is 129 cm³/mol. The van der Waals surface area contributed by atoms with Gasteiger partial charge in [0.1, 0.15) is 5.76 Å². The monoisotopic (exact) mass is 546 g/mol. The molecule has 1 unspecified atom stereocenters. The van der Waals surface area contributed by atoms with Gasteiger partial charge in [-0.3, -0.25) is 9.59 Å². The van der Waals surface area contributed by atoms with Gasteiger partial charge >= 0.3 is 23.9 Å². The Bertz CT molecular complexity index is 1270. The van der Waals surface area contributed by atoms with Crippen LogP contribution in [-0.2, 0) is 40.5 Å². The Morgan fingerprint density at radius 2 is 1.92 bits per heavy atom. The summed E-state index contributed by atoms with van der Waals surface area (Å²) in [5.74, 6) is -4.40. The number of methoxy groups -OCH3 is 1. The van der Waals surface area contributed by atoms with Gasteiger partial charge in [-0.1, -0.05) is 13.0 Å². The molecule has 1 aromatic rings. The molecule has 1 spiro atoms. The van der Waals surface area contributed by atoms with Crippen molar-refractivity contribution in [3.05, 3.63) is 35.1 Å². The van der Waals surface area contributed by atoms with E-state index in [-0.39, 0.29) is 24.0 Å². The van der Waals surface area contributed by atoms with E-state index in [0.717, 1.165) is 17.5 Å². The fourth-order valence-corrected chi connectivity index (χ4v) is 6.93. The fraction of sp³-hybridized carbons (Fsp3) is 0.556. The first-order chi connectivity index (χ1) is 18.4. The second-order valence-corrected chi connectivity index (χ2v) is 10.7. The van der Waals surface area contributed by atoms with E-state index in [1.807, 2.05) is 12.1 Å². The summed E-state index contributed by atoms with van der Waals surface area (Å²) in [6, 6.07) is 3.79. The number of esters is 2. The van der Waals surface area contributed by atoms with Gasteiger partial charge < -0.3 is 39.4 Å². The number of carbonyl (C=O) groups excluding carboxylic acids is 2.